The smallest absolute Gasteiger partial charge is 0.311 e. The minimum atomic E-state index is -0.737. The van der Waals surface area contributed by atoms with Gasteiger partial charge in [0.15, 0.2) is 5.82 Å². The van der Waals surface area contributed by atoms with Crippen LogP contribution in [-0.2, 0) is 11.3 Å². The highest BCUT2D eigenvalue weighted by molar-refractivity contribution is 7.15. The normalized spacial score (nSPS) is 17.4. The fraction of sp³-hybridized carbons (Fsp3) is 0.538. The monoisotopic (exact) mass is 292 g/mol. The lowest BCUT2D eigenvalue weighted by Crippen LogP contribution is -2.33. The van der Waals surface area contributed by atoms with Crippen LogP contribution in [0, 0.1) is 12.3 Å². The highest BCUT2D eigenvalue weighted by Crippen LogP contribution is 2.40. The lowest BCUT2D eigenvalue weighted by atomic mass is 9.86. The number of aromatic nitrogens is 4. The maximum atomic E-state index is 11.6. The van der Waals surface area contributed by atoms with Gasteiger partial charge in [0.1, 0.15) is 0 Å². The molecule has 0 aromatic carbocycles. The van der Waals surface area contributed by atoms with Crippen molar-refractivity contribution in [2.24, 2.45) is 5.41 Å². The van der Waals surface area contributed by atoms with Crippen LogP contribution >= 0.6 is 11.3 Å². The van der Waals surface area contributed by atoms with Crippen molar-refractivity contribution in [3.8, 4) is 10.7 Å². The Morgan fingerprint density at radius 1 is 1.45 bits per heavy atom. The van der Waals surface area contributed by atoms with Crippen LogP contribution in [-0.4, -0.2) is 31.3 Å². The topological polar surface area (TPSA) is 80.9 Å². The van der Waals surface area contributed by atoms with E-state index in [0.717, 1.165) is 17.7 Å². The van der Waals surface area contributed by atoms with Gasteiger partial charge in [0.05, 0.1) is 16.8 Å². The van der Waals surface area contributed by atoms with Gasteiger partial charge >= 0.3 is 5.97 Å². The number of aryl methyl sites for hydroxylation is 1. The van der Waals surface area contributed by atoms with Crippen molar-refractivity contribution in [3.05, 3.63) is 17.0 Å². The zero-order chi connectivity index (χ0) is 14.2. The Kier molecular flexibility index (Phi) is 3.29. The molecule has 1 aliphatic carbocycles. The van der Waals surface area contributed by atoms with Crippen molar-refractivity contribution < 1.29 is 9.90 Å². The molecule has 6 nitrogen and oxygen atoms in total. The predicted octanol–water partition coefficient (Wildman–Crippen LogP) is 2.36. The first kappa shape index (κ1) is 13.2. The quantitative estimate of drug-likeness (QED) is 0.935. The average molecular weight is 292 g/mol. The molecule has 106 valence electrons. The molecule has 0 aliphatic heterocycles. The summed E-state index contributed by atoms with van der Waals surface area (Å²) in [7, 11) is 0. The molecular weight excluding hydrogens is 276 g/mol. The number of thiophene rings is 1. The molecular formula is C13H16N4O2S. The lowest BCUT2D eigenvalue weighted by Gasteiger charge is -2.23. The van der Waals surface area contributed by atoms with Crippen molar-refractivity contribution in [1.82, 2.24) is 20.2 Å². The minimum absolute atomic E-state index is 0.349. The van der Waals surface area contributed by atoms with Crippen molar-refractivity contribution >= 4 is 17.3 Å². The fourth-order valence-corrected chi connectivity index (χ4v) is 3.68. The molecule has 2 aromatic heterocycles. The number of nitrogens with zero attached hydrogens (tertiary/aromatic N) is 4. The van der Waals surface area contributed by atoms with Gasteiger partial charge in [-0.3, -0.25) is 4.79 Å². The summed E-state index contributed by atoms with van der Waals surface area (Å²) >= 11 is 1.61. The second kappa shape index (κ2) is 4.97. The van der Waals surface area contributed by atoms with Crippen LogP contribution in [0.1, 0.15) is 30.6 Å². The van der Waals surface area contributed by atoms with Gasteiger partial charge in [0.2, 0.25) is 0 Å². The summed E-state index contributed by atoms with van der Waals surface area (Å²) in [5.41, 5.74) is -0.712. The fourth-order valence-electron chi connectivity index (χ4n) is 2.82. The van der Waals surface area contributed by atoms with Gasteiger partial charge in [0, 0.05) is 4.88 Å². The summed E-state index contributed by atoms with van der Waals surface area (Å²) in [4.78, 5) is 13.8. The first-order chi connectivity index (χ1) is 9.61. The second-order valence-electron chi connectivity index (χ2n) is 5.36. The van der Waals surface area contributed by atoms with Gasteiger partial charge in [-0.15, -0.1) is 16.4 Å². The van der Waals surface area contributed by atoms with Crippen molar-refractivity contribution in [3.63, 3.8) is 0 Å². The molecule has 0 unspecified atom stereocenters. The Balaban J connectivity index is 1.92. The molecule has 0 bridgehead atoms. The van der Waals surface area contributed by atoms with E-state index in [9.17, 15) is 9.90 Å². The molecule has 2 heterocycles. The van der Waals surface area contributed by atoms with E-state index in [1.165, 1.54) is 4.88 Å². The van der Waals surface area contributed by atoms with E-state index in [1.54, 1.807) is 16.0 Å². The highest BCUT2D eigenvalue weighted by Gasteiger charge is 2.42. The predicted molar refractivity (Wildman–Crippen MR) is 74.4 cm³/mol. The Bertz CT molecular complexity index is 628. The Morgan fingerprint density at radius 3 is 2.80 bits per heavy atom. The molecule has 3 rings (SSSR count). The highest BCUT2D eigenvalue weighted by atomic mass is 32.1. The van der Waals surface area contributed by atoms with E-state index in [1.807, 2.05) is 19.1 Å². The number of carboxylic acid groups (broad SMARTS) is 1. The molecule has 0 atom stereocenters. The van der Waals surface area contributed by atoms with E-state index in [-0.39, 0.29) is 0 Å². The maximum Gasteiger partial charge on any atom is 0.311 e. The number of rotatable bonds is 4. The summed E-state index contributed by atoms with van der Waals surface area (Å²) in [5, 5.41) is 21.3. The summed E-state index contributed by atoms with van der Waals surface area (Å²) in [6.45, 7) is 2.37. The van der Waals surface area contributed by atoms with Crippen LogP contribution in [0.3, 0.4) is 0 Å². The third-order valence-electron chi connectivity index (χ3n) is 3.96. The van der Waals surface area contributed by atoms with Crippen LogP contribution < -0.4 is 0 Å². The summed E-state index contributed by atoms with van der Waals surface area (Å²) in [6, 6.07) is 3.99. The van der Waals surface area contributed by atoms with Gasteiger partial charge < -0.3 is 5.11 Å². The SMILES string of the molecule is Cc1ccc(-c2nnnn2CC2(C(=O)O)CCCC2)s1. The molecule has 1 N–H and O–H groups in total. The van der Waals surface area contributed by atoms with Gasteiger partial charge in [-0.25, -0.2) is 4.68 Å². The van der Waals surface area contributed by atoms with Gasteiger partial charge in [-0.1, -0.05) is 12.8 Å². The van der Waals surface area contributed by atoms with Crippen LogP contribution in [0.25, 0.3) is 10.7 Å². The third-order valence-corrected chi connectivity index (χ3v) is 4.96. The maximum absolute atomic E-state index is 11.6. The molecule has 20 heavy (non-hydrogen) atoms. The second-order valence-corrected chi connectivity index (χ2v) is 6.65. The van der Waals surface area contributed by atoms with Crippen LogP contribution in [0.5, 0.6) is 0 Å². The Hall–Kier alpha value is -1.76. The number of carboxylic acids is 1. The van der Waals surface area contributed by atoms with Crippen molar-refractivity contribution in [2.75, 3.05) is 0 Å². The largest absolute Gasteiger partial charge is 0.481 e. The molecule has 7 heteroatoms. The van der Waals surface area contributed by atoms with Crippen molar-refractivity contribution in [1.29, 1.82) is 0 Å². The molecule has 2 aromatic rings. The summed E-state index contributed by atoms with van der Waals surface area (Å²) in [6.07, 6.45) is 3.32. The van der Waals surface area contributed by atoms with E-state index >= 15 is 0 Å². The zero-order valence-electron chi connectivity index (χ0n) is 11.2. The van der Waals surface area contributed by atoms with Gasteiger partial charge in [0.25, 0.3) is 0 Å². The third kappa shape index (κ3) is 2.22. The average Bonchev–Trinajstić information content (AvgIpc) is 3.10. The number of hydrogen-bond donors (Lipinski definition) is 1. The molecule has 0 saturated heterocycles. The van der Waals surface area contributed by atoms with E-state index in [2.05, 4.69) is 15.5 Å². The molecule has 1 aliphatic rings. The molecule has 0 amide bonds. The molecule has 1 fully saturated rings. The first-order valence-electron chi connectivity index (χ1n) is 6.67. The standard InChI is InChI=1S/C13H16N4O2S/c1-9-4-5-10(20-9)11-14-15-16-17(11)8-13(12(18)19)6-2-3-7-13/h4-5H,2-3,6-8H2,1H3,(H,18,19). The Morgan fingerprint density at radius 2 is 2.20 bits per heavy atom. The lowest BCUT2D eigenvalue weighted by molar-refractivity contribution is -0.149. The number of aliphatic carboxylic acids is 1. The minimum Gasteiger partial charge on any atom is -0.481 e. The number of tetrazole rings is 1. The van der Waals surface area contributed by atoms with E-state index in [0.29, 0.717) is 25.2 Å². The van der Waals surface area contributed by atoms with Crippen LogP contribution in [0.2, 0.25) is 0 Å². The molecule has 1 saturated carbocycles. The van der Waals surface area contributed by atoms with Gasteiger partial charge in [-0.2, -0.15) is 0 Å². The van der Waals surface area contributed by atoms with Crippen LogP contribution in [0.15, 0.2) is 12.1 Å². The summed E-state index contributed by atoms with van der Waals surface area (Å²) in [5.74, 6) is -0.0746. The van der Waals surface area contributed by atoms with Crippen LogP contribution in [0.4, 0.5) is 0 Å². The zero-order valence-corrected chi connectivity index (χ0v) is 12.1. The van der Waals surface area contributed by atoms with Crippen molar-refractivity contribution in [2.45, 2.75) is 39.2 Å². The molecule has 0 spiro atoms. The van der Waals surface area contributed by atoms with E-state index in [4.69, 9.17) is 0 Å². The Labute approximate surface area is 120 Å². The number of hydrogen-bond acceptors (Lipinski definition) is 5. The number of carbonyl (C=O) groups is 1. The van der Waals surface area contributed by atoms with E-state index < -0.39 is 11.4 Å². The van der Waals surface area contributed by atoms with Gasteiger partial charge in [-0.05, 0) is 42.3 Å². The summed E-state index contributed by atoms with van der Waals surface area (Å²) < 4.78 is 1.64. The molecule has 0 radical (unpaired) electrons. The first-order valence-corrected chi connectivity index (χ1v) is 7.49.